The predicted octanol–water partition coefficient (Wildman–Crippen LogP) is 2.81. The number of nitrogens with one attached hydrogen (secondary N) is 1. The maximum atomic E-state index is 10.8. The maximum absolute atomic E-state index is 10.8. The second-order valence-electron chi connectivity index (χ2n) is 3.89. The number of benzene rings is 1. The van der Waals surface area contributed by atoms with E-state index < -0.39 is 4.92 Å². The molecule has 2 rings (SSSR count). The first-order valence-electron chi connectivity index (χ1n) is 5.63. The number of hydrogen-bond donors (Lipinski definition) is 1. The molecule has 1 heterocycles. The van der Waals surface area contributed by atoms with Gasteiger partial charge >= 0.3 is 0 Å². The van der Waals surface area contributed by atoms with Gasteiger partial charge < -0.3 is 4.74 Å². The fraction of sp³-hybridized carbons (Fsp3) is 0.167. The van der Waals surface area contributed by atoms with Crippen molar-refractivity contribution in [3.8, 4) is 5.75 Å². The zero-order valence-electron chi connectivity index (χ0n) is 10.9. The Hall–Kier alpha value is -2.48. The van der Waals surface area contributed by atoms with Gasteiger partial charge in [0.05, 0.1) is 30.0 Å². The lowest BCUT2D eigenvalue weighted by Gasteiger charge is -2.01. The van der Waals surface area contributed by atoms with Crippen LogP contribution in [0.5, 0.6) is 5.75 Å². The molecule has 0 unspecified atom stereocenters. The monoisotopic (exact) mass is 292 g/mol. The molecule has 8 heteroatoms. The van der Waals surface area contributed by atoms with Crippen molar-refractivity contribution in [3.05, 3.63) is 45.0 Å². The lowest BCUT2D eigenvalue weighted by molar-refractivity contribution is -0.384. The van der Waals surface area contributed by atoms with Gasteiger partial charge in [0.1, 0.15) is 5.75 Å². The van der Waals surface area contributed by atoms with E-state index in [1.807, 2.05) is 12.3 Å². The lowest BCUT2D eigenvalue weighted by Crippen LogP contribution is -1.94. The van der Waals surface area contributed by atoms with Gasteiger partial charge in [-0.1, -0.05) is 0 Å². The van der Waals surface area contributed by atoms with E-state index in [-0.39, 0.29) is 5.69 Å². The zero-order valence-corrected chi connectivity index (χ0v) is 11.7. The topological polar surface area (TPSA) is 89.7 Å². The number of nitro benzene ring substituents is 1. The molecular weight excluding hydrogens is 280 g/mol. The average molecular weight is 292 g/mol. The molecule has 0 saturated carbocycles. The number of hydrogen-bond acceptors (Lipinski definition) is 7. The number of ether oxygens (including phenoxy) is 1. The number of rotatable bonds is 5. The largest absolute Gasteiger partial charge is 0.496 e. The summed E-state index contributed by atoms with van der Waals surface area (Å²) in [5, 5.41) is 17.4. The van der Waals surface area contributed by atoms with Gasteiger partial charge in [0.25, 0.3) is 5.69 Å². The fourth-order valence-corrected chi connectivity index (χ4v) is 2.11. The Morgan fingerprint density at radius 1 is 1.50 bits per heavy atom. The molecule has 0 radical (unpaired) electrons. The highest BCUT2D eigenvalue weighted by Crippen LogP contribution is 2.21. The number of hydrazone groups is 1. The van der Waals surface area contributed by atoms with Gasteiger partial charge in [0, 0.05) is 17.0 Å². The number of nitro groups is 1. The van der Waals surface area contributed by atoms with E-state index in [2.05, 4.69) is 15.5 Å². The molecule has 7 nitrogen and oxygen atoms in total. The van der Waals surface area contributed by atoms with Crippen molar-refractivity contribution < 1.29 is 9.66 Å². The van der Waals surface area contributed by atoms with E-state index in [9.17, 15) is 10.1 Å². The Kier molecular flexibility index (Phi) is 4.26. The van der Waals surface area contributed by atoms with Gasteiger partial charge in [0.15, 0.2) is 0 Å². The van der Waals surface area contributed by atoms with Crippen LogP contribution in [0.1, 0.15) is 11.3 Å². The van der Waals surface area contributed by atoms with Crippen LogP contribution in [0.15, 0.2) is 28.7 Å². The van der Waals surface area contributed by atoms with Crippen LogP contribution in [0.3, 0.4) is 0 Å². The molecule has 0 aliphatic carbocycles. The number of methoxy groups -OCH3 is 1. The first kappa shape index (κ1) is 13.9. The van der Waals surface area contributed by atoms with Crippen LogP contribution in [0.25, 0.3) is 0 Å². The van der Waals surface area contributed by atoms with E-state index in [0.717, 1.165) is 5.69 Å². The fourth-order valence-electron chi connectivity index (χ4n) is 1.47. The molecule has 104 valence electrons. The summed E-state index contributed by atoms with van der Waals surface area (Å²) in [4.78, 5) is 14.5. The normalized spacial score (nSPS) is 10.7. The summed E-state index contributed by atoms with van der Waals surface area (Å²) in [6.07, 6.45) is 1.48. The van der Waals surface area contributed by atoms with E-state index >= 15 is 0 Å². The Balaban J connectivity index is 2.15. The summed E-state index contributed by atoms with van der Waals surface area (Å²) in [6, 6.07) is 4.43. The summed E-state index contributed by atoms with van der Waals surface area (Å²) in [6.45, 7) is 1.89. The maximum Gasteiger partial charge on any atom is 0.273 e. The molecule has 0 fully saturated rings. The van der Waals surface area contributed by atoms with Crippen LogP contribution in [0.4, 0.5) is 10.8 Å². The molecule has 0 atom stereocenters. The Bertz CT molecular complexity index is 654. The van der Waals surface area contributed by atoms with Crippen molar-refractivity contribution in [2.24, 2.45) is 5.10 Å². The van der Waals surface area contributed by atoms with Crippen molar-refractivity contribution in [1.29, 1.82) is 0 Å². The highest BCUT2D eigenvalue weighted by molar-refractivity contribution is 7.13. The summed E-state index contributed by atoms with van der Waals surface area (Å²) in [5.41, 5.74) is 4.19. The molecule has 0 bridgehead atoms. The molecule has 1 N–H and O–H groups in total. The smallest absolute Gasteiger partial charge is 0.273 e. The van der Waals surface area contributed by atoms with E-state index in [1.165, 1.54) is 36.8 Å². The van der Waals surface area contributed by atoms with Crippen LogP contribution in [-0.4, -0.2) is 23.2 Å². The third kappa shape index (κ3) is 3.51. The molecule has 1 aromatic heterocycles. The van der Waals surface area contributed by atoms with Crippen molar-refractivity contribution in [2.45, 2.75) is 6.92 Å². The number of non-ortho nitro benzene ring substituents is 1. The summed E-state index contributed by atoms with van der Waals surface area (Å²) in [7, 11) is 1.45. The third-order valence-corrected chi connectivity index (χ3v) is 3.22. The third-order valence-electron chi connectivity index (χ3n) is 2.35. The molecule has 20 heavy (non-hydrogen) atoms. The highest BCUT2D eigenvalue weighted by Gasteiger charge is 2.09. The summed E-state index contributed by atoms with van der Waals surface area (Å²) < 4.78 is 5.02. The Labute approximate surface area is 119 Å². The quantitative estimate of drug-likeness (QED) is 0.520. The molecule has 0 aliphatic rings. The van der Waals surface area contributed by atoms with Crippen LogP contribution < -0.4 is 10.2 Å². The van der Waals surface area contributed by atoms with Gasteiger partial charge in [-0.15, -0.1) is 11.3 Å². The van der Waals surface area contributed by atoms with E-state index in [0.29, 0.717) is 16.4 Å². The second-order valence-corrected chi connectivity index (χ2v) is 4.74. The Morgan fingerprint density at radius 3 is 2.90 bits per heavy atom. The molecule has 2 aromatic rings. The summed E-state index contributed by atoms with van der Waals surface area (Å²) >= 11 is 1.43. The number of aryl methyl sites for hydroxylation is 1. The van der Waals surface area contributed by atoms with Crippen molar-refractivity contribution in [3.63, 3.8) is 0 Å². The van der Waals surface area contributed by atoms with Crippen LogP contribution in [0, 0.1) is 17.0 Å². The Morgan fingerprint density at radius 2 is 2.30 bits per heavy atom. The van der Waals surface area contributed by atoms with Gasteiger partial charge in [-0.25, -0.2) is 4.98 Å². The minimum Gasteiger partial charge on any atom is -0.496 e. The number of anilines is 1. The molecule has 0 saturated heterocycles. The second kappa shape index (κ2) is 6.11. The molecular formula is C12H12N4O3S. The SMILES string of the molecule is COc1cc(C=NNc2nc(C)cs2)cc([N+](=O)[O-])c1. The lowest BCUT2D eigenvalue weighted by atomic mass is 10.2. The van der Waals surface area contributed by atoms with Crippen LogP contribution >= 0.6 is 11.3 Å². The number of aromatic nitrogens is 1. The van der Waals surface area contributed by atoms with E-state index in [4.69, 9.17) is 4.74 Å². The first-order chi connectivity index (χ1) is 9.58. The van der Waals surface area contributed by atoms with Gasteiger partial charge in [-0.3, -0.25) is 15.5 Å². The number of thiazole rings is 1. The molecule has 0 spiro atoms. The summed E-state index contributed by atoms with van der Waals surface area (Å²) in [5.74, 6) is 0.408. The highest BCUT2D eigenvalue weighted by atomic mass is 32.1. The van der Waals surface area contributed by atoms with Crippen molar-refractivity contribution in [1.82, 2.24) is 4.98 Å². The molecule has 0 aliphatic heterocycles. The predicted molar refractivity (Wildman–Crippen MR) is 77.7 cm³/mol. The van der Waals surface area contributed by atoms with Crippen molar-refractivity contribution in [2.75, 3.05) is 12.5 Å². The van der Waals surface area contributed by atoms with Crippen LogP contribution in [-0.2, 0) is 0 Å². The average Bonchev–Trinajstić information content (AvgIpc) is 2.84. The van der Waals surface area contributed by atoms with E-state index in [1.54, 1.807) is 6.07 Å². The molecule has 1 aromatic carbocycles. The molecule has 0 amide bonds. The standard InChI is InChI=1S/C12H12N4O3S/c1-8-7-20-12(14-8)15-13-6-9-3-10(16(17)18)5-11(4-9)19-2/h3-7H,1-2H3,(H,14,15). The first-order valence-corrected chi connectivity index (χ1v) is 6.51. The van der Waals surface area contributed by atoms with Gasteiger partial charge in [-0.05, 0) is 13.0 Å². The number of nitrogens with zero attached hydrogens (tertiary/aromatic N) is 3. The van der Waals surface area contributed by atoms with Crippen molar-refractivity contribution >= 4 is 28.4 Å². The zero-order chi connectivity index (χ0) is 14.5. The minimum atomic E-state index is -0.475. The van der Waals surface area contributed by atoms with Gasteiger partial charge in [-0.2, -0.15) is 5.10 Å². The van der Waals surface area contributed by atoms with Crippen LogP contribution in [0.2, 0.25) is 0 Å². The van der Waals surface area contributed by atoms with Gasteiger partial charge in [0.2, 0.25) is 5.13 Å². The minimum absolute atomic E-state index is 0.0455.